The largest absolute Gasteiger partial charge is 0.497 e. The van der Waals surface area contributed by atoms with Crippen LogP contribution in [0, 0.1) is 11.3 Å². The second kappa shape index (κ2) is 6.78. The van der Waals surface area contributed by atoms with Crippen molar-refractivity contribution >= 4 is 5.69 Å². The third kappa shape index (κ3) is 3.53. The highest BCUT2D eigenvalue weighted by Crippen LogP contribution is 2.23. The van der Waals surface area contributed by atoms with Gasteiger partial charge in [-0.3, -0.25) is 0 Å². The van der Waals surface area contributed by atoms with E-state index in [1.165, 1.54) is 0 Å². The Labute approximate surface area is 124 Å². The van der Waals surface area contributed by atoms with Crippen molar-refractivity contribution in [2.24, 2.45) is 0 Å². The van der Waals surface area contributed by atoms with E-state index in [1.54, 1.807) is 13.2 Å². The predicted octanol–water partition coefficient (Wildman–Crippen LogP) is 2.70. The molecule has 4 heteroatoms. The Bertz CT molecular complexity index is 645. The van der Waals surface area contributed by atoms with Gasteiger partial charge in [-0.05, 0) is 35.4 Å². The first-order valence-electron chi connectivity index (χ1n) is 6.66. The monoisotopic (exact) mass is 282 g/mol. The molecule has 0 unspecified atom stereocenters. The highest BCUT2D eigenvalue weighted by atomic mass is 16.5. The lowest BCUT2D eigenvalue weighted by Crippen LogP contribution is -2.17. The summed E-state index contributed by atoms with van der Waals surface area (Å²) in [5.74, 6) is 0.825. The Morgan fingerprint density at radius 3 is 2.38 bits per heavy atom. The second-order valence-corrected chi connectivity index (χ2v) is 4.83. The molecule has 2 rings (SSSR count). The summed E-state index contributed by atoms with van der Waals surface area (Å²) in [6, 6.07) is 15.5. The van der Waals surface area contributed by atoms with E-state index in [4.69, 9.17) is 9.84 Å². The third-order valence-electron chi connectivity index (χ3n) is 3.35. The third-order valence-corrected chi connectivity index (χ3v) is 3.35. The highest BCUT2D eigenvalue weighted by molar-refractivity contribution is 5.60. The highest BCUT2D eigenvalue weighted by Gasteiger charge is 2.09. The van der Waals surface area contributed by atoms with Gasteiger partial charge in [0.25, 0.3) is 0 Å². The summed E-state index contributed by atoms with van der Waals surface area (Å²) in [6.07, 6.45) is 0. The van der Waals surface area contributed by atoms with Gasteiger partial charge in [-0.25, -0.2) is 0 Å². The van der Waals surface area contributed by atoms with Crippen LogP contribution in [0.25, 0.3) is 0 Å². The van der Waals surface area contributed by atoms with E-state index in [-0.39, 0.29) is 6.61 Å². The molecule has 2 aromatic carbocycles. The Morgan fingerprint density at radius 2 is 1.81 bits per heavy atom. The molecule has 0 aliphatic heterocycles. The van der Waals surface area contributed by atoms with Crippen molar-refractivity contribution in [2.75, 3.05) is 19.1 Å². The van der Waals surface area contributed by atoms with Crippen LogP contribution < -0.4 is 9.64 Å². The van der Waals surface area contributed by atoms with Gasteiger partial charge in [0.05, 0.1) is 25.0 Å². The van der Waals surface area contributed by atoms with Crippen LogP contribution in [-0.4, -0.2) is 19.3 Å². The lowest BCUT2D eigenvalue weighted by molar-refractivity contribution is 0.282. The lowest BCUT2D eigenvalue weighted by atomic mass is 10.1. The second-order valence-electron chi connectivity index (χ2n) is 4.83. The number of rotatable bonds is 5. The minimum Gasteiger partial charge on any atom is -0.497 e. The number of anilines is 1. The van der Waals surface area contributed by atoms with Crippen LogP contribution in [0.3, 0.4) is 0 Å². The molecule has 0 aliphatic rings. The summed E-state index contributed by atoms with van der Waals surface area (Å²) < 4.78 is 5.14. The zero-order valence-electron chi connectivity index (χ0n) is 12.2. The van der Waals surface area contributed by atoms with E-state index < -0.39 is 0 Å². The number of aliphatic hydroxyl groups is 1. The smallest absolute Gasteiger partial charge is 0.118 e. The van der Waals surface area contributed by atoms with Gasteiger partial charge in [-0.1, -0.05) is 18.2 Å². The molecule has 0 bridgehead atoms. The van der Waals surface area contributed by atoms with Crippen LogP contribution in [0.5, 0.6) is 5.75 Å². The van der Waals surface area contributed by atoms with Gasteiger partial charge < -0.3 is 14.7 Å². The lowest BCUT2D eigenvalue weighted by Gasteiger charge is -2.21. The van der Waals surface area contributed by atoms with Gasteiger partial charge >= 0.3 is 0 Å². The van der Waals surface area contributed by atoms with Crippen molar-refractivity contribution in [3.63, 3.8) is 0 Å². The normalized spacial score (nSPS) is 10.0. The van der Waals surface area contributed by atoms with Gasteiger partial charge in [0, 0.05) is 13.6 Å². The minimum atomic E-state index is -0.0584. The zero-order valence-corrected chi connectivity index (χ0v) is 12.2. The van der Waals surface area contributed by atoms with Crippen molar-refractivity contribution in [3.05, 3.63) is 59.2 Å². The predicted molar refractivity (Wildman–Crippen MR) is 82.2 cm³/mol. The van der Waals surface area contributed by atoms with Crippen LogP contribution in [0.2, 0.25) is 0 Å². The fourth-order valence-electron chi connectivity index (χ4n) is 2.19. The molecule has 0 atom stereocenters. The van der Waals surface area contributed by atoms with Crippen LogP contribution in [0.15, 0.2) is 42.5 Å². The number of aliphatic hydroxyl groups excluding tert-OH is 1. The average Bonchev–Trinajstić information content (AvgIpc) is 2.54. The quantitative estimate of drug-likeness (QED) is 0.916. The molecule has 0 aliphatic carbocycles. The Hall–Kier alpha value is -2.51. The molecule has 0 saturated heterocycles. The molecule has 0 amide bonds. The van der Waals surface area contributed by atoms with E-state index in [0.717, 1.165) is 22.6 Å². The molecule has 0 radical (unpaired) electrons. The standard InChI is InChI=1S/C17H18N2O2/c1-19(11-13-3-6-16(21-2)7-4-13)17-8-5-14(12-20)9-15(17)10-18/h3-9,20H,11-12H2,1-2H3. The molecule has 0 aromatic heterocycles. The zero-order chi connectivity index (χ0) is 15.2. The van der Waals surface area contributed by atoms with Crippen LogP contribution >= 0.6 is 0 Å². The van der Waals surface area contributed by atoms with Crippen molar-refractivity contribution in [1.29, 1.82) is 5.26 Å². The van der Waals surface area contributed by atoms with Crippen LogP contribution in [-0.2, 0) is 13.2 Å². The van der Waals surface area contributed by atoms with E-state index in [1.807, 2.05) is 48.3 Å². The van der Waals surface area contributed by atoms with Gasteiger partial charge in [-0.2, -0.15) is 5.26 Å². The number of benzene rings is 2. The molecule has 4 nitrogen and oxygen atoms in total. The Morgan fingerprint density at radius 1 is 1.14 bits per heavy atom. The first-order chi connectivity index (χ1) is 10.2. The number of nitriles is 1. The average molecular weight is 282 g/mol. The molecule has 0 fully saturated rings. The molecule has 21 heavy (non-hydrogen) atoms. The molecular weight excluding hydrogens is 264 g/mol. The van der Waals surface area contributed by atoms with E-state index in [2.05, 4.69) is 6.07 Å². The summed E-state index contributed by atoms with van der Waals surface area (Å²) in [5, 5.41) is 18.4. The molecular formula is C17H18N2O2. The fraction of sp³-hybridized carbons (Fsp3) is 0.235. The van der Waals surface area contributed by atoms with Gasteiger partial charge in [0.15, 0.2) is 0 Å². The van der Waals surface area contributed by atoms with Crippen molar-refractivity contribution in [1.82, 2.24) is 0 Å². The van der Waals surface area contributed by atoms with Gasteiger partial charge in [0.2, 0.25) is 0 Å². The SMILES string of the molecule is COc1ccc(CN(C)c2ccc(CO)cc2C#N)cc1. The maximum absolute atomic E-state index is 9.25. The topological polar surface area (TPSA) is 56.5 Å². The fourth-order valence-corrected chi connectivity index (χ4v) is 2.19. The first kappa shape index (κ1) is 14.9. The van der Waals surface area contributed by atoms with Crippen LogP contribution in [0.1, 0.15) is 16.7 Å². The number of hydrogen-bond acceptors (Lipinski definition) is 4. The summed E-state index contributed by atoms with van der Waals surface area (Å²) in [6.45, 7) is 0.633. The number of methoxy groups -OCH3 is 1. The Kier molecular flexibility index (Phi) is 4.81. The van der Waals surface area contributed by atoms with Crippen molar-refractivity contribution in [3.8, 4) is 11.8 Å². The van der Waals surface area contributed by atoms with E-state index in [9.17, 15) is 5.26 Å². The minimum absolute atomic E-state index is 0.0584. The van der Waals surface area contributed by atoms with Crippen LogP contribution in [0.4, 0.5) is 5.69 Å². The number of ether oxygens (including phenoxy) is 1. The summed E-state index contributed by atoms with van der Waals surface area (Å²) in [7, 11) is 3.59. The molecule has 0 spiro atoms. The maximum atomic E-state index is 9.25. The van der Waals surface area contributed by atoms with E-state index >= 15 is 0 Å². The summed E-state index contributed by atoms with van der Waals surface area (Å²) >= 11 is 0. The Balaban J connectivity index is 2.19. The summed E-state index contributed by atoms with van der Waals surface area (Å²) in [5.41, 5.74) is 3.30. The van der Waals surface area contributed by atoms with Gasteiger partial charge in [-0.15, -0.1) is 0 Å². The first-order valence-corrected chi connectivity index (χ1v) is 6.66. The number of hydrogen-bond donors (Lipinski definition) is 1. The van der Waals surface area contributed by atoms with Gasteiger partial charge in [0.1, 0.15) is 11.8 Å². The molecule has 0 heterocycles. The van der Waals surface area contributed by atoms with Crippen molar-refractivity contribution < 1.29 is 9.84 Å². The number of nitrogens with zero attached hydrogens (tertiary/aromatic N) is 2. The molecule has 1 N–H and O–H groups in total. The van der Waals surface area contributed by atoms with Crippen molar-refractivity contribution in [2.45, 2.75) is 13.2 Å². The molecule has 0 saturated carbocycles. The maximum Gasteiger partial charge on any atom is 0.118 e. The summed E-state index contributed by atoms with van der Waals surface area (Å²) in [4.78, 5) is 2.02. The molecule has 2 aromatic rings. The van der Waals surface area contributed by atoms with E-state index in [0.29, 0.717) is 12.1 Å². The molecule has 108 valence electrons.